The Hall–Kier alpha value is -6.19. The zero-order valence-corrected chi connectivity index (χ0v) is 24.5. The van der Waals surface area contributed by atoms with Crippen LogP contribution in [0.5, 0.6) is 0 Å². The summed E-state index contributed by atoms with van der Waals surface area (Å²) in [5, 5.41) is 14.6. The molecule has 0 bridgehead atoms. The topological polar surface area (TPSA) is 34.6 Å². The van der Waals surface area contributed by atoms with Gasteiger partial charge in [-0.1, -0.05) is 97.1 Å². The number of benzene rings is 8. The number of pyridine rings is 1. The largest absolute Gasteiger partial charge is 0.456 e. The maximum atomic E-state index is 14.1. The van der Waals surface area contributed by atoms with Crippen molar-refractivity contribution in [3.05, 3.63) is 150 Å². The molecular weight excluding hydrogens is 562 g/mol. The first kappa shape index (κ1) is 24.2. The Morgan fingerprint density at radius 3 is 1.59 bits per heavy atom. The zero-order valence-electron chi connectivity index (χ0n) is 24.5. The predicted octanol–water partition coefficient (Wildman–Crippen LogP) is 11.2. The van der Waals surface area contributed by atoms with Gasteiger partial charge in [-0.15, -0.1) is 0 Å². The Morgan fingerprint density at radius 2 is 0.891 bits per heavy atom. The number of nitrogens with zero attached hydrogens (tertiary/aromatic N) is 1. The van der Waals surface area contributed by atoms with E-state index in [0.717, 1.165) is 65.6 Å². The van der Waals surface area contributed by atoms with Gasteiger partial charge in [0.25, 0.3) is 5.56 Å². The third kappa shape index (κ3) is 2.99. The van der Waals surface area contributed by atoms with Gasteiger partial charge in [0.2, 0.25) is 0 Å². The Bertz CT molecular complexity index is 3130. The van der Waals surface area contributed by atoms with Gasteiger partial charge in [-0.05, 0) is 85.2 Å². The van der Waals surface area contributed by atoms with Crippen LogP contribution >= 0.6 is 0 Å². The average molecular weight is 586 g/mol. The van der Waals surface area contributed by atoms with Crippen LogP contribution in [0.4, 0.5) is 0 Å². The summed E-state index contributed by atoms with van der Waals surface area (Å²) < 4.78 is 8.19. The molecule has 0 saturated heterocycles. The molecule has 8 aromatic carbocycles. The molecule has 0 fully saturated rings. The van der Waals surface area contributed by atoms with Gasteiger partial charge in [0, 0.05) is 38.4 Å². The van der Waals surface area contributed by atoms with Gasteiger partial charge >= 0.3 is 0 Å². The molecule has 3 aromatic heterocycles. The lowest BCUT2D eigenvalue weighted by Crippen LogP contribution is -2.12. The molecule has 3 heterocycles. The van der Waals surface area contributed by atoms with E-state index in [0.29, 0.717) is 5.39 Å². The van der Waals surface area contributed by atoms with Gasteiger partial charge in [-0.25, -0.2) is 0 Å². The lowest BCUT2D eigenvalue weighted by atomic mass is 9.91. The number of fused-ring (bicyclic) bond motifs is 14. The average Bonchev–Trinajstić information content (AvgIpc) is 3.64. The molecule has 0 spiro atoms. The van der Waals surface area contributed by atoms with E-state index in [9.17, 15) is 4.79 Å². The summed E-state index contributed by atoms with van der Waals surface area (Å²) in [5.74, 6) is 0. The van der Waals surface area contributed by atoms with E-state index in [-0.39, 0.29) is 5.56 Å². The summed E-state index contributed by atoms with van der Waals surface area (Å²) in [6.45, 7) is 0. The second-order valence-corrected chi connectivity index (χ2v) is 12.4. The van der Waals surface area contributed by atoms with Crippen LogP contribution in [-0.4, -0.2) is 4.40 Å². The summed E-state index contributed by atoms with van der Waals surface area (Å²) in [7, 11) is 0. The van der Waals surface area contributed by atoms with Crippen LogP contribution in [-0.2, 0) is 0 Å². The Morgan fingerprint density at radius 1 is 0.370 bits per heavy atom. The van der Waals surface area contributed by atoms with Crippen molar-refractivity contribution in [2.45, 2.75) is 0 Å². The molecule has 0 aliphatic heterocycles. The number of hydrogen-bond acceptors (Lipinski definition) is 2. The van der Waals surface area contributed by atoms with E-state index in [1.165, 1.54) is 32.3 Å². The van der Waals surface area contributed by atoms with Crippen molar-refractivity contribution < 1.29 is 4.42 Å². The normalized spacial score (nSPS) is 12.4. The summed E-state index contributed by atoms with van der Waals surface area (Å²) in [6, 6.07) is 49.2. The van der Waals surface area contributed by atoms with E-state index in [4.69, 9.17) is 4.42 Å². The van der Waals surface area contributed by atoms with Gasteiger partial charge in [0.15, 0.2) is 0 Å². The molecular formula is C43H23NO2. The predicted molar refractivity (Wildman–Crippen MR) is 193 cm³/mol. The van der Waals surface area contributed by atoms with Gasteiger partial charge in [-0.3, -0.25) is 9.20 Å². The van der Waals surface area contributed by atoms with Crippen molar-refractivity contribution in [2.24, 2.45) is 0 Å². The first-order valence-electron chi connectivity index (χ1n) is 15.6. The lowest BCUT2D eigenvalue weighted by molar-refractivity contribution is 0.669. The van der Waals surface area contributed by atoms with Gasteiger partial charge in [-0.2, -0.15) is 0 Å². The lowest BCUT2D eigenvalue weighted by Gasteiger charge is -2.13. The smallest absolute Gasteiger partial charge is 0.263 e. The van der Waals surface area contributed by atoms with Crippen LogP contribution in [0.2, 0.25) is 0 Å². The van der Waals surface area contributed by atoms with Crippen molar-refractivity contribution in [2.75, 3.05) is 0 Å². The number of rotatable bonds is 1. The van der Waals surface area contributed by atoms with Crippen LogP contribution in [0.3, 0.4) is 0 Å². The van der Waals surface area contributed by atoms with Crippen LogP contribution in [0, 0.1) is 0 Å². The highest BCUT2D eigenvalue weighted by Gasteiger charge is 2.21. The third-order valence-corrected chi connectivity index (χ3v) is 10.1. The third-order valence-electron chi connectivity index (χ3n) is 10.1. The van der Waals surface area contributed by atoms with Crippen molar-refractivity contribution >= 4 is 92.2 Å². The van der Waals surface area contributed by atoms with Crippen molar-refractivity contribution in [1.29, 1.82) is 0 Å². The Kier molecular flexibility index (Phi) is 4.46. The second kappa shape index (κ2) is 8.50. The number of furan rings is 1. The minimum Gasteiger partial charge on any atom is -0.456 e. The summed E-state index contributed by atoms with van der Waals surface area (Å²) in [6.07, 6.45) is 0. The minimum absolute atomic E-state index is 0.00429. The monoisotopic (exact) mass is 585 g/mol. The molecule has 46 heavy (non-hydrogen) atoms. The number of hydrogen-bond donors (Lipinski definition) is 0. The quantitative estimate of drug-likeness (QED) is 0.180. The molecule has 0 amide bonds. The van der Waals surface area contributed by atoms with Crippen molar-refractivity contribution in [3.63, 3.8) is 0 Å². The highest BCUT2D eigenvalue weighted by molar-refractivity contribution is 6.27. The highest BCUT2D eigenvalue weighted by atomic mass is 16.3. The Labute approximate surface area is 261 Å². The van der Waals surface area contributed by atoms with E-state index in [2.05, 4.69) is 97.1 Å². The van der Waals surface area contributed by atoms with Crippen LogP contribution in [0.1, 0.15) is 0 Å². The fraction of sp³-hybridized carbons (Fsp3) is 0. The molecule has 0 N–H and O–H groups in total. The molecule has 212 valence electrons. The van der Waals surface area contributed by atoms with Crippen LogP contribution in [0.15, 0.2) is 149 Å². The molecule has 11 aromatic rings. The van der Waals surface area contributed by atoms with Crippen molar-refractivity contribution in [1.82, 2.24) is 4.40 Å². The minimum atomic E-state index is -0.00429. The molecule has 0 aliphatic rings. The van der Waals surface area contributed by atoms with Gasteiger partial charge in [0.05, 0.1) is 11.0 Å². The van der Waals surface area contributed by atoms with E-state index >= 15 is 0 Å². The first-order valence-corrected chi connectivity index (χ1v) is 15.6. The summed E-state index contributed by atoms with van der Waals surface area (Å²) in [5.41, 5.74) is 5.73. The van der Waals surface area contributed by atoms with Crippen LogP contribution in [0.25, 0.3) is 103 Å². The Balaban J connectivity index is 1.30. The maximum absolute atomic E-state index is 14.1. The maximum Gasteiger partial charge on any atom is 0.263 e. The molecule has 3 heteroatoms. The van der Waals surface area contributed by atoms with E-state index in [1.54, 1.807) is 0 Å². The van der Waals surface area contributed by atoms with E-state index in [1.807, 2.05) is 46.9 Å². The molecule has 0 saturated carbocycles. The molecule has 0 aliphatic carbocycles. The van der Waals surface area contributed by atoms with Gasteiger partial charge in [0.1, 0.15) is 11.2 Å². The number of aromatic nitrogens is 1. The summed E-state index contributed by atoms with van der Waals surface area (Å²) in [4.78, 5) is 14.1. The molecule has 11 rings (SSSR count). The van der Waals surface area contributed by atoms with Gasteiger partial charge < -0.3 is 4.42 Å². The first-order chi connectivity index (χ1) is 22.7. The van der Waals surface area contributed by atoms with E-state index < -0.39 is 0 Å². The van der Waals surface area contributed by atoms with Crippen molar-refractivity contribution in [3.8, 4) is 11.1 Å². The molecule has 0 radical (unpaired) electrons. The molecule has 3 nitrogen and oxygen atoms in total. The summed E-state index contributed by atoms with van der Waals surface area (Å²) >= 11 is 0. The standard InChI is InChI=1S/C43H23NO2/c45-43-33-15-6-5-13-30(33)37-20-25(24-17-18-31-28-11-2-1-9-26(28)27-10-3-4-12-29(27)34(31)19-24)21-38-35-22-36-32-14-7-8-16-40(32)46-41(36)23-39(35)44(43)42(37)38/h1-23H. The fourth-order valence-electron chi connectivity index (χ4n) is 8.06. The SMILES string of the molecule is O=c1c2ccccc2c2cc(-c3ccc4c5ccccc5c5ccccc5c4c3)cc3c4cc5c(cc4n1c23)oc1ccccc15. The zero-order chi connectivity index (χ0) is 30.1. The van der Waals surface area contributed by atoms with Crippen LogP contribution < -0.4 is 5.56 Å². The number of para-hydroxylation sites is 1. The highest BCUT2D eigenvalue weighted by Crippen LogP contribution is 2.42. The fourth-order valence-corrected chi connectivity index (χ4v) is 8.06. The second-order valence-electron chi connectivity index (χ2n) is 12.4. The molecule has 0 unspecified atom stereocenters. The molecule has 0 atom stereocenters.